The van der Waals surface area contributed by atoms with Gasteiger partial charge in [0.05, 0.1) is 6.42 Å². The van der Waals surface area contributed by atoms with E-state index in [9.17, 15) is 14.4 Å². The summed E-state index contributed by atoms with van der Waals surface area (Å²) in [7, 11) is 0. The number of aryl methyl sites for hydroxylation is 3. The lowest BCUT2D eigenvalue weighted by molar-refractivity contribution is -0.153. The first-order valence-corrected chi connectivity index (χ1v) is 8.93. The maximum Gasteiger partial charge on any atom is 0.307 e. The van der Waals surface area contributed by atoms with E-state index in [1.54, 1.807) is 12.1 Å². The average Bonchev–Trinajstić information content (AvgIpc) is 2.62. The number of ether oxygens (including phenoxy) is 1. The predicted molar refractivity (Wildman–Crippen MR) is 105 cm³/mol. The van der Waals surface area contributed by atoms with Crippen molar-refractivity contribution >= 4 is 23.3 Å². The largest absolute Gasteiger partial charge is 0.453 e. The summed E-state index contributed by atoms with van der Waals surface area (Å²) in [4.78, 5) is 36.3. The van der Waals surface area contributed by atoms with Gasteiger partial charge in [0.15, 0.2) is 11.9 Å². The third-order valence-electron chi connectivity index (χ3n) is 4.25. The van der Waals surface area contributed by atoms with Gasteiger partial charge in [-0.25, -0.2) is 0 Å². The number of nitrogens with one attached hydrogen (secondary N) is 1. The fourth-order valence-electron chi connectivity index (χ4n) is 2.60. The molecule has 0 heterocycles. The Hall–Kier alpha value is -2.95. The summed E-state index contributed by atoms with van der Waals surface area (Å²) in [6, 6.07) is 12.9. The van der Waals surface area contributed by atoms with Gasteiger partial charge in [-0.3, -0.25) is 14.4 Å². The Morgan fingerprint density at radius 3 is 2.19 bits per heavy atom. The zero-order valence-electron chi connectivity index (χ0n) is 16.2. The SMILES string of the molecule is Cc1ccc(C(=O)CCC(=O)O[C@@H](C)C(=O)Nc2ccc(C)cc2C)cc1. The number of benzene rings is 2. The van der Waals surface area contributed by atoms with E-state index in [1.165, 1.54) is 6.92 Å². The first-order valence-electron chi connectivity index (χ1n) is 8.93. The second kappa shape index (κ2) is 9.12. The quantitative estimate of drug-likeness (QED) is 0.589. The number of ketones is 1. The van der Waals surface area contributed by atoms with Crippen molar-refractivity contribution in [2.24, 2.45) is 0 Å². The highest BCUT2D eigenvalue weighted by atomic mass is 16.5. The Kier molecular flexibility index (Phi) is 6.88. The number of Topliss-reactive ketones (excluding diaryl/α,β-unsaturated/α-hetero) is 1. The van der Waals surface area contributed by atoms with Crippen molar-refractivity contribution in [3.8, 4) is 0 Å². The van der Waals surface area contributed by atoms with Gasteiger partial charge in [0.25, 0.3) is 5.91 Å². The van der Waals surface area contributed by atoms with Crippen LogP contribution in [0.25, 0.3) is 0 Å². The highest BCUT2D eigenvalue weighted by Gasteiger charge is 2.19. The Labute approximate surface area is 159 Å². The van der Waals surface area contributed by atoms with Crippen molar-refractivity contribution in [3.05, 3.63) is 64.7 Å². The number of hydrogen-bond acceptors (Lipinski definition) is 4. The molecule has 0 aliphatic carbocycles. The summed E-state index contributed by atoms with van der Waals surface area (Å²) in [6.07, 6.45) is -0.950. The smallest absolute Gasteiger partial charge is 0.307 e. The van der Waals surface area contributed by atoms with Crippen LogP contribution in [0.5, 0.6) is 0 Å². The van der Waals surface area contributed by atoms with Crippen molar-refractivity contribution in [2.45, 2.75) is 46.6 Å². The summed E-state index contributed by atoms with van der Waals surface area (Å²) in [6.45, 7) is 7.32. The fraction of sp³-hybridized carbons (Fsp3) is 0.318. The molecule has 1 amide bonds. The van der Waals surface area contributed by atoms with Crippen LogP contribution in [-0.2, 0) is 14.3 Å². The molecule has 0 spiro atoms. The minimum absolute atomic E-state index is 0.0489. The van der Waals surface area contributed by atoms with Crippen molar-refractivity contribution in [3.63, 3.8) is 0 Å². The third kappa shape index (κ3) is 6.06. The maximum atomic E-state index is 12.2. The summed E-state index contributed by atoms with van der Waals surface area (Å²) >= 11 is 0. The fourth-order valence-corrected chi connectivity index (χ4v) is 2.60. The molecule has 2 aromatic carbocycles. The number of carbonyl (C=O) groups is 3. The third-order valence-corrected chi connectivity index (χ3v) is 4.25. The Morgan fingerprint density at radius 2 is 1.56 bits per heavy atom. The standard InChI is InChI=1S/C22H25NO4/c1-14-5-8-18(9-6-14)20(24)11-12-21(25)27-17(4)22(26)23-19-10-7-15(2)13-16(19)3/h5-10,13,17H,11-12H2,1-4H3,(H,23,26)/t17-/m0/s1. The molecule has 1 N–H and O–H groups in total. The van der Waals surface area contributed by atoms with Crippen molar-refractivity contribution in [2.75, 3.05) is 5.32 Å². The van der Waals surface area contributed by atoms with E-state index in [0.29, 0.717) is 11.3 Å². The average molecular weight is 367 g/mol. The molecule has 1 atom stereocenters. The Balaban J connectivity index is 1.82. The van der Waals surface area contributed by atoms with E-state index in [1.807, 2.05) is 51.1 Å². The zero-order chi connectivity index (χ0) is 20.0. The van der Waals surface area contributed by atoms with E-state index < -0.39 is 18.0 Å². The molecule has 2 rings (SSSR count). The number of hydrogen-bond donors (Lipinski definition) is 1. The molecule has 0 radical (unpaired) electrons. The number of rotatable bonds is 7. The van der Waals surface area contributed by atoms with Crippen LogP contribution in [0.2, 0.25) is 0 Å². The molecule has 0 saturated carbocycles. The Morgan fingerprint density at radius 1 is 0.926 bits per heavy atom. The number of esters is 1. The highest BCUT2D eigenvalue weighted by molar-refractivity contribution is 5.98. The van der Waals surface area contributed by atoms with Crippen molar-refractivity contribution in [1.29, 1.82) is 0 Å². The molecule has 5 nitrogen and oxygen atoms in total. The van der Waals surface area contributed by atoms with Crippen LogP contribution >= 0.6 is 0 Å². The number of amides is 1. The molecule has 0 aromatic heterocycles. The minimum Gasteiger partial charge on any atom is -0.453 e. The monoisotopic (exact) mass is 367 g/mol. The summed E-state index contributed by atoms with van der Waals surface area (Å²) in [5.74, 6) is -1.10. The van der Waals surface area contributed by atoms with E-state index in [-0.39, 0.29) is 18.6 Å². The van der Waals surface area contributed by atoms with Gasteiger partial charge in [-0.1, -0.05) is 47.5 Å². The van der Waals surface area contributed by atoms with E-state index >= 15 is 0 Å². The van der Waals surface area contributed by atoms with Gasteiger partial charge in [0.2, 0.25) is 0 Å². The van der Waals surface area contributed by atoms with Crippen LogP contribution in [0.4, 0.5) is 5.69 Å². The van der Waals surface area contributed by atoms with Gasteiger partial charge in [0, 0.05) is 17.7 Å². The second-order valence-electron chi connectivity index (χ2n) is 6.73. The predicted octanol–water partition coefficient (Wildman–Crippen LogP) is 4.15. The van der Waals surface area contributed by atoms with E-state index in [0.717, 1.165) is 16.7 Å². The molecule has 142 valence electrons. The highest BCUT2D eigenvalue weighted by Crippen LogP contribution is 2.16. The lowest BCUT2D eigenvalue weighted by Gasteiger charge is -2.15. The Bertz CT molecular complexity index is 840. The second-order valence-corrected chi connectivity index (χ2v) is 6.73. The molecule has 0 aliphatic heterocycles. The number of anilines is 1. The van der Waals surface area contributed by atoms with Crippen LogP contribution in [0.15, 0.2) is 42.5 Å². The van der Waals surface area contributed by atoms with Crippen LogP contribution in [-0.4, -0.2) is 23.8 Å². The van der Waals surface area contributed by atoms with Gasteiger partial charge >= 0.3 is 5.97 Å². The van der Waals surface area contributed by atoms with E-state index in [2.05, 4.69) is 5.32 Å². The van der Waals surface area contributed by atoms with E-state index in [4.69, 9.17) is 4.74 Å². The van der Waals surface area contributed by atoms with Crippen molar-refractivity contribution < 1.29 is 19.1 Å². The lowest BCUT2D eigenvalue weighted by Crippen LogP contribution is -2.30. The lowest BCUT2D eigenvalue weighted by atomic mass is 10.1. The number of carbonyl (C=O) groups excluding carboxylic acids is 3. The molecule has 0 unspecified atom stereocenters. The summed E-state index contributed by atoms with van der Waals surface area (Å²) in [5, 5.41) is 2.76. The van der Waals surface area contributed by atoms with Crippen LogP contribution in [0, 0.1) is 20.8 Å². The van der Waals surface area contributed by atoms with Gasteiger partial charge in [-0.05, 0) is 39.3 Å². The molecule has 0 bridgehead atoms. The van der Waals surface area contributed by atoms with Gasteiger partial charge in [-0.2, -0.15) is 0 Å². The molecule has 27 heavy (non-hydrogen) atoms. The van der Waals surface area contributed by atoms with Gasteiger partial charge in [-0.15, -0.1) is 0 Å². The molecule has 0 fully saturated rings. The topological polar surface area (TPSA) is 72.5 Å². The molecule has 0 aliphatic rings. The first-order chi connectivity index (χ1) is 12.8. The van der Waals surface area contributed by atoms with Gasteiger partial charge < -0.3 is 10.1 Å². The van der Waals surface area contributed by atoms with Crippen LogP contribution < -0.4 is 5.32 Å². The molecule has 2 aromatic rings. The molecule has 0 saturated heterocycles. The van der Waals surface area contributed by atoms with Crippen molar-refractivity contribution in [1.82, 2.24) is 0 Å². The maximum absolute atomic E-state index is 12.2. The summed E-state index contributed by atoms with van der Waals surface area (Å²) in [5.41, 5.74) is 4.35. The van der Waals surface area contributed by atoms with Gasteiger partial charge in [0.1, 0.15) is 0 Å². The summed E-state index contributed by atoms with van der Waals surface area (Å²) < 4.78 is 5.15. The van der Waals surface area contributed by atoms with Crippen LogP contribution in [0.1, 0.15) is 46.8 Å². The molecule has 5 heteroatoms. The zero-order valence-corrected chi connectivity index (χ0v) is 16.2. The molecular weight excluding hydrogens is 342 g/mol. The minimum atomic E-state index is -0.937. The van der Waals surface area contributed by atoms with Crippen LogP contribution in [0.3, 0.4) is 0 Å². The normalized spacial score (nSPS) is 11.6. The first kappa shape index (κ1) is 20.4. The molecular formula is C22H25NO4.